The first-order chi connectivity index (χ1) is 16.2. The third-order valence-electron chi connectivity index (χ3n) is 7.60. The van der Waals surface area contributed by atoms with Gasteiger partial charge in [0.05, 0.1) is 0 Å². The highest BCUT2D eigenvalue weighted by Crippen LogP contribution is 2.36. The fraction of sp³-hybridized carbons (Fsp3) is 0.708. The first kappa shape index (κ1) is 23.0. The second kappa shape index (κ2) is 8.79. The largest absolute Gasteiger partial charge is 0.439 e. The van der Waals surface area contributed by atoms with Crippen molar-refractivity contribution in [2.45, 2.75) is 90.8 Å². The van der Waals surface area contributed by atoms with Crippen LogP contribution in [-0.4, -0.2) is 40.8 Å². The Balaban J connectivity index is 1.63. The summed E-state index contributed by atoms with van der Waals surface area (Å²) in [6.07, 6.45) is 8.40. The van der Waals surface area contributed by atoms with E-state index in [2.05, 4.69) is 43.4 Å². The molecule has 3 aromatic heterocycles. The lowest BCUT2D eigenvalue weighted by Crippen LogP contribution is -2.31. The van der Waals surface area contributed by atoms with Gasteiger partial charge in [-0.05, 0) is 64.2 Å². The molecule has 34 heavy (non-hydrogen) atoms. The number of imidazole rings is 1. The number of rotatable bonds is 7. The van der Waals surface area contributed by atoms with E-state index >= 15 is 0 Å². The topological polar surface area (TPSA) is 135 Å². The molecule has 0 aromatic carbocycles. The molecular formula is C24H35N7O3. The van der Waals surface area contributed by atoms with E-state index < -0.39 is 11.4 Å². The molecule has 3 aromatic rings. The molecule has 0 aliphatic heterocycles. The average Bonchev–Trinajstić information content (AvgIpc) is 3.32. The Morgan fingerprint density at radius 3 is 2.50 bits per heavy atom. The minimum absolute atomic E-state index is 0.159. The van der Waals surface area contributed by atoms with Crippen molar-refractivity contribution in [2.75, 3.05) is 5.32 Å². The lowest BCUT2D eigenvalue weighted by atomic mass is 9.80. The van der Waals surface area contributed by atoms with Gasteiger partial charge in [-0.1, -0.05) is 31.3 Å². The van der Waals surface area contributed by atoms with Crippen LogP contribution >= 0.6 is 0 Å². The predicted octanol–water partition coefficient (Wildman–Crippen LogP) is 3.82. The Labute approximate surface area is 198 Å². The van der Waals surface area contributed by atoms with Crippen molar-refractivity contribution in [3.05, 3.63) is 16.4 Å². The van der Waals surface area contributed by atoms with Gasteiger partial charge >= 0.3 is 5.76 Å². The highest BCUT2D eigenvalue weighted by Gasteiger charge is 2.32. The van der Waals surface area contributed by atoms with Crippen LogP contribution < -0.4 is 11.1 Å². The van der Waals surface area contributed by atoms with Crippen LogP contribution in [0.4, 0.5) is 5.82 Å². The number of aromatic nitrogens is 6. The van der Waals surface area contributed by atoms with E-state index in [0.29, 0.717) is 29.1 Å². The summed E-state index contributed by atoms with van der Waals surface area (Å²) in [6, 6.07) is 0.223. The molecule has 0 unspecified atom stereocenters. The summed E-state index contributed by atoms with van der Waals surface area (Å²) in [7, 11) is 0. The molecule has 0 amide bonds. The van der Waals surface area contributed by atoms with Crippen LogP contribution in [0.3, 0.4) is 0 Å². The van der Waals surface area contributed by atoms with E-state index in [1.165, 1.54) is 32.1 Å². The lowest BCUT2D eigenvalue weighted by Gasteiger charge is -2.32. The van der Waals surface area contributed by atoms with Gasteiger partial charge in [-0.3, -0.25) is 9.51 Å². The fourth-order valence-corrected chi connectivity index (χ4v) is 5.26. The SMILES string of the molecule is CC1CCC(Cn2c(C(C)(C)O)nc3nc(-c4noc(=O)[nH]4)nc(N[C@H](C)C4CCC4)c32)CC1. The number of nitrogens with zero attached hydrogens (tertiary/aromatic N) is 5. The molecule has 5 rings (SSSR count). The number of hydrogen-bond acceptors (Lipinski definition) is 8. The molecule has 0 bridgehead atoms. The smallest absolute Gasteiger partial charge is 0.383 e. The Morgan fingerprint density at radius 2 is 1.91 bits per heavy atom. The second-order valence-corrected chi connectivity index (χ2v) is 10.9. The fourth-order valence-electron chi connectivity index (χ4n) is 5.26. The maximum atomic E-state index is 11.6. The molecule has 1 atom stereocenters. The summed E-state index contributed by atoms with van der Waals surface area (Å²) < 4.78 is 6.79. The van der Waals surface area contributed by atoms with E-state index in [1.807, 2.05) is 0 Å². The zero-order valence-corrected chi connectivity index (χ0v) is 20.5. The number of anilines is 1. The molecule has 2 fully saturated rings. The van der Waals surface area contributed by atoms with Crippen LogP contribution in [0.5, 0.6) is 0 Å². The number of nitrogens with one attached hydrogen (secondary N) is 2. The van der Waals surface area contributed by atoms with Gasteiger partial charge in [-0.15, -0.1) is 0 Å². The van der Waals surface area contributed by atoms with E-state index in [4.69, 9.17) is 9.97 Å². The zero-order chi connectivity index (χ0) is 24.0. The number of fused-ring (bicyclic) bond motifs is 1. The maximum Gasteiger partial charge on any atom is 0.439 e. The van der Waals surface area contributed by atoms with Gasteiger partial charge in [0.1, 0.15) is 16.9 Å². The minimum atomic E-state index is -1.15. The number of aromatic amines is 1. The second-order valence-electron chi connectivity index (χ2n) is 10.9. The highest BCUT2D eigenvalue weighted by molar-refractivity contribution is 5.85. The minimum Gasteiger partial charge on any atom is -0.383 e. The van der Waals surface area contributed by atoms with Gasteiger partial charge in [0.15, 0.2) is 11.5 Å². The van der Waals surface area contributed by atoms with Crippen LogP contribution in [0.15, 0.2) is 9.32 Å². The zero-order valence-electron chi connectivity index (χ0n) is 20.5. The summed E-state index contributed by atoms with van der Waals surface area (Å²) in [5.74, 6) is 2.82. The first-order valence-corrected chi connectivity index (χ1v) is 12.5. The maximum absolute atomic E-state index is 11.6. The molecule has 10 heteroatoms. The van der Waals surface area contributed by atoms with Crippen molar-refractivity contribution in [3.8, 4) is 11.6 Å². The number of aliphatic hydroxyl groups is 1. The van der Waals surface area contributed by atoms with Crippen LogP contribution in [0, 0.1) is 17.8 Å². The molecule has 0 spiro atoms. The van der Waals surface area contributed by atoms with Gasteiger partial charge in [0.2, 0.25) is 11.6 Å². The van der Waals surface area contributed by atoms with Gasteiger partial charge in [-0.2, -0.15) is 0 Å². The number of H-pyrrole nitrogens is 1. The summed E-state index contributed by atoms with van der Waals surface area (Å²) >= 11 is 0. The van der Waals surface area contributed by atoms with Crippen LogP contribution in [0.25, 0.3) is 22.8 Å². The Morgan fingerprint density at radius 1 is 1.18 bits per heavy atom. The Kier molecular flexibility index (Phi) is 5.95. The average molecular weight is 470 g/mol. The van der Waals surface area contributed by atoms with Gasteiger partial charge in [-0.25, -0.2) is 19.7 Å². The Hall–Kier alpha value is -2.75. The number of hydrogen-bond donors (Lipinski definition) is 3. The summed E-state index contributed by atoms with van der Waals surface area (Å²) in [6.45, 7) is 8.76. The highest BCUT2D eigenvalue weighted by atomic mass is 16.5. The molecule has 10 nitrogen and oxygen atoms in total. The van der Waals surface area contributed by atoms with Crippen LogP contribution in [0.2, 0.25) is 0 Å². The van der Waals surface area contributed by atoms with Gasteiger partial charge in [0.25, 0.3) is 0 Å². The summed E-state index contributed by atoms with van der Waals surface area (Å²) in [4.78, 5) is 28.2. The molecule has 2 aliphatic rings. The predicted molar refractivity (Wildman–Crippen MR) is 128 cm³/mol. The van der Waals surface area contributed by atoms with E-state index in [1.54, 1.807) is 13.8 Å². The molecule has 0 radical (unpaired) electrons. The molecule has 3 N–H and O–H groups in total. The van der Waals surface area contributed by atoms with Crippen molar-refractivity contribution in [1.82, 2.24) is 29.7 Å². The molecular weight excluding hydrogens is 434 g/mol. The first-order valence-electron chi connectivity index (χ1n) is 12.5. The molecule has 3 heterocycles. The third-order valence-corrected chi connectivity index (χ3v) is 7.60. The molecule has 2 saturated carbocycles. The van der Waals surface area contributed by atoms with Gasteiger partial charge < -0.3 is 15.0 Å². The van der Waals surface area contributed by atoms with Crippen LogP contribution in [-0.2, 0) is 12.1 Å². The van der Waals surface area contributed by atoms with E-state index in [0.717, 1.165) is 30.8 Å². The van der Waals surface area contributed by atoms with E-state index in [-0.39, 0.29) is 17.7 Å². The third kappa shape index (κ3) is 4.47. The van der Waals surface area contributed by atoms with Gasteiger partial charge in [0, 0.05) is 12.6 Å². The van der Waals surface area contributed by atoms with E-state index in [9.17, 15) is 9.90 Å². The van der Waals surface area contributed by atoms with Crippen molar-refractivity contribution in [3.63, 3.8) is 0 Å². The molecule has 184 valence electrons. The quantitative estimate of drug-likeness (QED) is 0.475. The van der Waals surface area contributed by atoms with Crippen molar-refractivity contribution < 1.29 is 9.63 Å². The van der Waals surface area contributed by atoms with Crippen molar-refractivity contribution >= 4 is 17.0 Å². The summed E-state index contributed by atoms with van der Waals surface area (Å²) in [5, 5.41) is 18.4. The standard InChI is InChI=1S/C24H35N7O3/c1-13-8-10-15(11-9-13)12-31-17-18(25-14(2)16-6-5-7-16)26-20(21-29-23(32)34-30-21)27-19(17)28-22(31)24(3,4)33/h13-16,33H,5-12H2,1-4H3,(H,25,26,27)(H,29,30,32)/t13?,14-,15?/m1/s1. The van der Waals surface area contributed by atoms with Crippen molar-refractivity contribution in [1.29, 1.82) is 0 Å². The van der Waals surface area contributed by atoms with Crippen LogP contribution in [0.1, 0.15) is 78.5 Å². The Bertz CT molecular complexity index is 1210. The van der Waals surface area contributed by atoms with Crippen molar-refractivity contribution in [2.24, 2.45) is 17.8 Å². The molecule has 2 aliphatic carbocycles. The normalized spacial score (nSPS) is 22.6. The summed E-state index contributed by atoms with van der Waals surface area (Å²) in [5.41, 5.74) is 0.108. The lowest BCUT2D eigenvalue weighted by molar-refractivity contribution is 0.0637. The molecule has 0 saturated heterocycles. The monoisotopic (exact) mass is 469 g/mol.